The van der Waals surface area contributed by atoms with Crippen LogP contribution in [0.4, 0.5) is 0 Å². The molecule has 14 rings (SSSR count). The second-order valence-corrected chi connectivity index (χ2v) is 18.2. The third-order valence-electron chi connectivity index (χ3n) is 13.4. The molecule has 0 fully saturated rings. The summed E-state index contributed by atoms with van der Waals surface area (Å²) in [7, 11) is 0. The Labute approximate surface area is 389 Å². The molecule has 0 amide bonds. The second kappa shape index (κ2) is 14.9. The summed E-state index contributed by atoms with van der Waals surface area (Å²) in [5.41, 5.74) is 12.0. The van der Waals surface area contributed by atoms with Gasteiger partial charge in [0.25, 0.3) is 0 Å². The van der Waals surface area contributed by atoms with E-state index in [-0.39, 0.29) is 0 Å². The Bertz CT molecular complexity index is 4260. The van der Waals surface area contributed by atoms with Crippen LogP contribution in [0.3, 0.4) is 0 Å². The summed E-state index contributed by atoms with van der Waals surface area (Å²) in [4.78, 5) is 16.2. The predicted molar refractivity (Wildman–Crippen MR) is 281 cm³/mol. The molecule has 14 aromatic rings. The van der Waals surface area contributed by atoms with Gasteiger partial charge in [0, 0.05) is 49.1 Å². The quantitative estimate of drug-likeness (QED) is 0.167. The van der Waals surface area contributed by atoms with Gasteiger partial charge >= 0.3 is 0 Å². The lowest BCUT2D eigenvalue weighted by atomic mass is 9.99. The molecule has 0 spiro atoms. The summed E-state index contributed by atoms with van der Waals surface area (Å²) in [5, 5.41) is 9.65. The van der Waals surface area contributed by atoms with Crippen LogP contribution in [-0.2, 0) is 0 Å². The molecule has 0 atom stereocenters. The van der Waals surface area contributed by atoms with Crippen LogP contribution in [0.2, 0.25) is 0 Å². The molecule has 5 nitrogen and oxygen atoms in total. The number of para-hydroxylation sites is 2. The van der Waals surface area contributed by atoms with E-state index in [9.17, 15) is 0 Å². The Morgan fingerprint density at radius 3 is 1.52 bits per heavy atom. The van der Waals surface area contributed by atoms with E-state index in [1.165, 1.54) is 52.8 Å². The molecule has 6 heteroatoms. The number of nitrogens with zero attached hydrogens (tertiary/aromatic N) is 5. The standard InChI is InChI=1S/C61H37N5S/c1-3-15-38(16-4-1)40-27-29-42(30-28-40)59-62-60(52-24-10-9-21-45(52)41-18-5-2-6-19-41)64-61(63-59)66-54-26-14-12-23-47(54)49-34-36-51-50-35-33-48-46-22-11-13-25-53(46)65(55(48)57(50)67-58(51)56(49)66)44-32-31-39-17-7-8-20-43(39)37-44/h1-37H. The zero-order chi connectivity index (χ0) is 44.0. The number of hydrogen-bond acceptors (Lipinski definition) is 4. The molecule has 0 bridgehead atoms. The summed E-state index contributed by atoms with van der Waals surface area (Å²) in [6, 6.07) is 80.1. The van der Waals surface area contributed by atoms with E-state index in [1.807, 2.05) is 17.4 Å². The van der Waals surface area contributed by atoms with Crippen molar-refractivity contribution in [3.8, 4) is 56.7 Å². The van der Waals surface area contributed by atoms with Crippen molar-refractivity contribution < 1.29 is 0 Å². The first-order chi connectivity index (χ1) is 33.2. The minimum atomic E-state index is 0.571. The van der Waals surface area contributed by atoms with Crippen LogP contribution < -0.4 is 0 Å². The third-order valence-corrected chi connectivity index (χ3v) is 14.6. The third kappa shape index (κ3) is 5.90. The van der Waals surface area contributed by atoms with Crippen LogP contribution in [0.25, 0.3) is 131 Å². The highest BCUT2D eigenvalue weighted by molar-refractivity contribution is 7.27. The van der Waals surface area contributed by atoms with Gasteiger partial charge in [-0.1, -0.05) is 200 Å². The molecule has 0 aliphatic rings. The van der Waals surface area contributed by atoms with Crippen molar-refractivity contribution in [3.05, 3.63) is 224 Å². The zero-order valence-electron chi connectivity index (χ0n) is 36.0. The molecule has 0 radical (unpaired) electrons. The fourth-order valence-corrected chi connectivity index (χ4v) is 11.7. The number of fused-ring (bicyclic) bond motifs is 12. The van der Waals surface area contributed by atoms with Gasteiger partial charge in [0.05, 0.1) is 31.5 Å². The predicted octanol–water partition coefficient (Wildman–Crippen LogP) is 16.3. The van der Waals surface area contributed by atoms with Gasteiger partial charge in [-0.3, -0.25) is 4.57 Å². The molecule has 67 heavy (non-hydrogen) atoms. The largest absolute Gasteiger partial charge is 0.308 e. The maximum absolute atomic E-state index is 5.48. The van der Waals surface area contributed by atoms with E-state index in [0.29, 0.717) is 17.6 Å². The molecular formula is C61H37N5S. The Balaban J connectivity index is 1.06. The number of thiophene rings is 1. The summed E-state index contributed by atoms with van der Waals surface area (Å²) < 4.78 is 7.19. The fraction of sp³-hybridized carbons (Fsp3) is 0. The van der Waals surface area contributed by atoms with E-state index in [1.54, 1.807) is 0 Å². The average Bonchev–Trinajstić information content (AvgIpc) is 4.07. The van der Waals surface area contributed by atoms with Crippen LogP contribution in [0, 0.1) is 0 Å². The highest BCUT2D eigenvalue weighted by Crippen LogP contribution is 2.47. The van der Waals surface area contributed by atoms with Crippen molar-refractivity contribution in [2.24, 2.45) is 0 Å². The van der Waals surface area contributed by atoms with Gasteiger partial charge in [0.2, 0.25) is 5.95 Å². The summed E-state index contributed by atoms with van der Waals surface area (Å²) in [6.07, 6.45) is 0. The Kier molecular flexibility index (Phi) is 8.38. The van der Waals surface area contributed by atoms with Crippen LogP contribution in [-0.4, -0.2) is 24.1 Å². The molecule has 0 saturated heterocycles. The van der Waals surface area contributed by atoms with Crippen LogP contribution >= 0.6 is 11.3 Å². The highest BCUT2D eigenvalue weighted by atomic mass is 32.1. The van der Waals surface area contributed by atoms with E-state index >= 15 is 0 Å². The summed E-state index contributed by atoms with van der Waals surface area (Å²) in [6.45, 7) is 0. The van der Waals surface area contributed by atoms with E-state index in [2.05, 4.69) is 228 Å². The van der Waals surface area contributed by atoms with Gasteiger partial charge in [0.1, 0.15) is 0 Å². The van der Waals surface area contributed by atoms with E-state index in [0.717, 1.165) is 60.9 Å². The van der Waals surface area contributed by atoms with Gasteiger partial charge in [-0.2, -0.15) is 9.97 Å². The van der Waals surface area contributed by atoms with Crippen LogP contribution in [0.15, 0.2) is 224 Å². The minimum absolute atomic E-state index is 0.571. The van der Waals surface area contributed by atoms with Gasteiger partial charge in [-0.05, 0) is 57.3 Å². The molecule has 4 heterocycles. The van der Waals surface area contributed by atoms with Crippen LogP contribution in [0.1, 0.15) is 0 Å². The van der Waals surface area contributed by atoms with E-state index < -0.39 is 0 Å². The van der Waals surface area contributed by atoms with Crippen molar-refractivity contribution in [2.75, 3.05) is 0 Å². The molecule has 312 valence electrons. The van der Waals surface area contributed by atoms with Crippen molar-refractivity contribution in [1.82, 2.24) is 24.1 Å². The molecule has 0 N–H and O–H groups in total. The smallest absolute Gasteiger partial charge is 0.238 e. The Morgan fingerprint density at radius 2 is 0.821 bits per heavy atom. The minimum Gasteiger partial charge on any atom is -0.308 e. The van der Waals surface area contributed by atoms with Gasteiger partial charge < -0.3 is 4.57 Å². The van der Waals surface area contributed by atoms with E-state index in [4.69, 9.17) is 15.0 Å². The normalized spacial score (nSPS) is 11.9. The molecule has 0 aliphatic heterocycles. The fourth-order valence-electron chi connectivity index (χ4n) is 10.3. The lowest BCUT2D eigenvalue weighted by molar-refractivity contribution is 0.955. The maximum Gasteiger partial charge on any atom is 0.238 e. The van der Waals surface area contributed by atoms with Gasteiger partial charge in [-0.25, -0.2) is 4.98 Å². The molecular weight excluding hydrogens is 835 g/mol. The molecule has 0 saturated carbocycles. The molecule has 10 aromatic carbocycles. The summed E-state index contributed by atoms with van der Waals surface area (Å²) >= 11 is 1.86. The maximum atomic E-state index is 5.48. The first-order valence-corrected chi connectivity index (χ1v) is 23.4. The Morgan fingerprint density at radius 1 is 0.313 bits per heavy atom. The lowest BCUT2D eigenvalue weighted by Crippen LogP contribution is -2.07. The zero-order valence-corrected chi connectivity index (χ0v) is 36.8. The molecule has 0 aliphatic carbocycles. The van der Waals surface area contributed by atoms with Crippen molar-refractivity contribution in [1.29, 1.82) is 0 Å². The van der Waals surface area contributed by atoms with Crippen molar-refractivity contribution >= 4 is 85.9 Å². The average molecular weight is 872 g/mol. The molecule has 0 unspecified atom stereocenters. The first-order valence-electron chi connectivity index (χ1n) is 22.6. The molecule has 4 aromatic heterocycles. The summed E-state index contributed by atoms with van der Waals surface area (Å²) in [5.74, 6) is 1.79. The highest BCUT2D eigenvalue weighted by Gasteiger charge is 2.24. The van der Waals surface area contributed by atoms with Gasteiger partial charge in [-0.15, -0.1) is 11.3 Å². The number of rotatable bonds is 6. The topological polar surface area (TPSA) is 48.5 Å². The lowest BCUT2D eigenvalue weighted by Gasteiger charge is -2.13. The number of benzene rings is 10. The SMILES string of the molecule is c1ccc(-c2ccc(-c3nc(-c4ccccc4-c4ccccc4)nc(-n4c5ccccc5c5ccc6c7ccc8c9ccccc9n(-c9ccc%10ccccc%10c9)c8c7sc6c54)n3)cc2)cc1. The second-order valence-electron chi connectivity index (χ2n) is 17.2. The van der Waals surface area contributed by atoms with Gasteiger partial charge in [0.15, 0.2) is 11.6 Å². The number of aromatic nitrogens is 5. The first kappa shape index (κ1) is 37.6. The van der Waals surface area contributed by atoms with Crippen LogP contribution in [0.5, 0.6) is 0 Å². The Hall–Kier alpha value is -8.71. The van der Waals surface area contributed by atoms with Crippen molar-refractivity contribution in [3.63, 3.8) is 0 Å². The van der Waals surface area contributed by atoms with Crippen molar-refractivity contribution in [2.45, 2.75) is 0 Å². The monoisotopic (exact) mass is 871 g/mol. The number of hydrogen-bond donors (Lipinski definition) is 0.